The summed E-state index contributed by atoms with van der Waals surface area (Å²) in [5, 5.41) is 2.87. The molecule has 0 heterocycles. The number of carbonyl (C=O) groups is 1. The third kappa shape index (κ3) is 3.36. The first-order chi connectivity index (χ1) is 9.47. The molecule has 20 heavy (non-hydrogen) atoms. The minimum atomic E-state index is -0.464. The van der Waals surface area contributed by atoms with E-state index >= 15 is 0 Å². The first-order valence-electron chi connectivity index (χ1n) is 6.33. The molecule has 2 nitrogen and oxygen atoms in total. The van der Waals surface area contributed by atoms with Gasteiger partial charge < -0.3 is 5.32 Å². The normalized spacial score (nSPS) is 10.7. The van der Waals surface area contributed by atoms with E-state index in [1.165, 1.54) is 12.1 Å². The predicted octanol–water partition coefficient (Wildman–Crippen LogP) is 4.85. The molecule has 0 unspecified atom stereocenters. The van der Waals surface area contributed by atoms with Gasteiger partial charge in [-0.15, -0.1) is 0 Å². The molecule has 0 saturated carbocycles. The zero-order valence-corrected chi connectivity index (χ0v) is 12.0. The summed E-state index contributed by atoms with van der Waals surface area (Å²) in [7, 11) is 0. The molecule has 0 saturated heterocycles. The molecule has 0 aliphatic heterocycles. The van der Waals surface area contributed by atoms with Gasteiger partial charge in [0.05, 0.1) is 10.6 Å². The third-order valence-corrected chi connectivity index (χ3v) is 3.30. The zero-order chi connectivity index (χ0) is 14.7. The number of hydrogen-bond donors (Lipinski definition) is 1. The number of anilines is 1. The Hall–Kier alpha value is -1.87. The standard InChI is InChI=1S/C16H15ClFNO/c1-10(2)11-4-3-5-13(8-11)19-16(20)14-7-6-12(18)9-15(14)17/h3-10H,1-2H3,(H,19,20). The highest BCUT2D eigenvalue weighted by Gasteiger charge is 2.11. The average Bonchev–Trinajstić information content (AvgIpc) is 2.38. The Morgan fingerprint density at radius 3 is 2.60 bits per heavy atom. The van der Waals surface area contributed by atoms with Gasteiger partial charge in [0.1, 0.15) is 5.82 Å². The highest BCUT2D eigenvalue weighted by atomic mass is 35.5. The molecule has 2 rings (SSSR count). The summed E-state index contributed by atoms with van der Waals surface area (Å²) in [6, 6.07) is 11.3. The van der Waals surface area contributed by atoms with Crippen molar-refractivity contribution < 1.29 is 9.18 Å². The quantitative estimate of drug-likeness (QED) is 0.860. The molecule has 2 aromatic carbocycles. The first kappa shape index (κ1) is 14.5. The van der Waals surface area contributed by atoms with E-state index in [1.807, 2.05) is 18.2 Å². The van der Waals surface area contributed by atoms with Crippen molar-refractivity contribution in [3.63, 3.8) is 0 Å². The summed E-state index contributed by atoms with van der Waals surface area (Å²) in [6.07, 6.45) is 0. The van der Waals surface area contributed by atoms with Crippen LogP contribution in [0.15, 0.2) is 42.5 Å². The van der Waals surface area contributed by atoms with E-state index in [9.17, 15) is 9.18 Å². The van der Waals surface area contributed by atoms with E-state index in [1.54, 1.807) is 6.07 Å². The van der Waals surface area contributed by atoms with Crippen LogP contribution in [0.5, 0.6) is 0 Å². The van der Waals surface area contributed by atoms with E-state index in [2.05, 4.69) is 19.2 Å². The molecular formula is C16H15ClFNO. The van der Waals surface area contributed by atoms with Crippen LogP contribution in [-0.4, -0.2) is 5.91 Å². The number of amides is 1. The molecule has 4 heteroatoms. The molecule has 0 bridgehead atoms. The van der Waals surface area contributed by atoms with E-state index in [0.29, 0.717) is 11.6 Å². The topological polar surface area (TPSA) is 29.1 Å². The lowest BCUT2D eigenvalue weighted by molar-refractivity contribution is 0.102. The monoisotopic (exact) mass is 291 g/mol. The molecule has 0 atom stereocenters. The van der Waals surface area contributed by atoms with Gasteiger partial charge in [-0.05, 0) is 41.8 Å². The van der Waals surface area contributed by atoms with Crippen molar-refractivity contribution in [3.8, 4) is 0 Å². The fourth-order valence-corrected chi connectivity index (χ4v) is 2.10. The molecule has 0 aliphatic rings. The number of carbonyl (C=O) groups excluding carboxylic acids is 1. The molecule has 0 spiro atoms. The molecule has 0 fully saturated rings. The van der Waals surface area contributed by atoms with Gasteiger partial charge >= 0.3 is 0 Å². The Morgan fingerprint density at radius 1 is 1.20 bits per heavy atom. The summed E-state index contributed by atoms with van der Waals surface area (Å²) in [5.41, 5.74) is 2.08. The molecule has 1 amide bonds. The minimum absolute atomic E-state index is 0.0996. The van der Waals surface area contributed by atoms with E-state index < -0.39 is 5.82 Å². The second-order valence-corrected chi connectivity index (χ2v) is 5.27. The van der Waals surface area contributed by atoms with Crippen LogP contribution in [0, 0.1) is 5.82 Å². The maximum atomic E-state index is 13.0. The SMILES string of the molecule is CC(C)c1cccc(NC(=O)c2ccc(F)cc2Cl)c1. The summed E-state index contributed by atoms with van der Waals surface area (Å²) in [4.78, 5) is 12.1. The number of benzene rings is 2. The Balaban J connectivity index is 2.21. The van der Waals surface area contributed by atoms with E-state index in [-0.39, 0.29) is 16.5 Å². The molecular weight excluding hydrogens is 277 g/mol. The van der Waals surface area contributed by atoms with Crippen molar-refractivity contribution in [2.24, 2.45) is 0 Å². The maximum absolute atomic E-state index is 13.0. The van der Waals surface area contributed by atoms with Crippen LogP contribution in [0.1, 0.15) is 35.7 Å². The van der Waals surface area contributed by atoms with Crippen molar-refractivity contribution >= 4 is 23.2 Å². The van der Waals surface area contributed by atoms with Crippen molar-refractivity contribution in [2.75, 3.05) is 5.32 Å². The summed E-state index contributed by atoms with van der Waals surface area (Å²) >= 11 is 5.87. The lowest BCUT2D eigenvalue weighted by atomic mass is 10.0. The fourth-order valence-electron chi connectivity index (χ4n) is 1.85. The molecule has 2 aromatic rings. The van der Waals surface area contributed by atoms with E-state index in [0.717, 1.165) is 11.6 Å². The lowest BCUT2D eigenvalue weighted by Crippen LogP contribution is -2.12. The summed E-state index contributed by atoms with van der Waals surface area (Å²) in [5.74, 6) is -0.439. The molecule has 1 N–H and O–H groups in total. The average molecular weight is 292 g/mol. The van der Waals surface area contributed by atoms with Crippen molar-refractivity contribution in [2.45, 2.75) is 19.8 Å². The molecule has 0 aromatic heterocycles. The summed E-state index contributed by atoms with van der Waals surface area (Å²) in [6.45, 7) is 4.16. The fraction of sp³-hybridized carbons (Fsp3) is 0.188. The largest absolute Gasteiger partial charge is 0.322 e. The minimum Gasteiger partial charge on any atom is -0.322 e. The van der Waals surface area contributed by atoms with Gasteiger partial charge in [0.15, 0.2) is 0 Å². The van der Waals surface area contributed by atoms with E-state index in [4.69, 9.17) is 11.6 Å². The van der Waals surface area contributed by atoms with Gasteiger partial charge in [0, 0.05) is 5.69 Å². The van der Waals surface area contributed by atoms with Crippen molar-refractivity contribution in [1.82, 2.24) is 0 Å². The Labute approximate surface area is 122 Å². The molecule has 0 aliphatic carbocycles. The molecule has 0 radical (unpaired) electrons. The predicted molar refractivity (Wildman–Crippen MR) is 79.9 cm³/mol. The van der Waals surface area contributed by atoms with Gasteiger partial charge in [-0.25, -0.2) is 4.39 Å². The van der Waals surface area contributed by atoms with Crippen LogP contribution in [-0.2, 0) is 0 Å². The smallest absolute Gasteiger partial charge is 0.257 e. The third-order valence-electron chi connectivity index (χ3n) is 2.99. The second kappa shape index (κ2) is 6.06. The lowest BCUT2D eigenvalue weighted by Gasteiger charge is -2.10. The van der Waals surface area contributed by atoms with Gasteiger partial charge in [-0.1, -0.05) is 37.6 Å². The highest BCUT2D eigenvalue weighted by molar-refractivity contribution is 6.34. The van der Waals surface area contributed by atoms with Gasteiger partial charge in [-0.3, -0.25) is 4.79 Å². The highest BCUT2D eigenvalue weighted by Crippen LogP contribution is 2.21. The van der Waals surface area contributed by atoms with Crippen LogP contribution in [0.2, 0.25) is 5.02 Å². The van der Waals surface area contributed by atoms with Gasteiger partial charge in [0.25, 0.3) is 5.91 Å². The molecule has 104 valence electrons. The van der Waals surface area contributed by atoms with Gasteiger partial charge in [0.2, 0.25) is 0 Å². The zero-order valence-electron chi connectivity index (χ0n) is 11.3. The number of nitrogens with one attached hydrogen (secondary N) is 1. The Bertz CT molecular complexity index is 640. The number of hydrogen-bond acceptors (Lipinski definition) is 1. The Kier molecular flexibility index (Phi) is 4.40. The Morgan fingerprint density at radius 2 is 1.95 bits per heavy atom. The van der Waals surface area contributed by atoms with Crippen LogP contribution in [0.4, 0.5) is 10.1 Å². The number of halogens is 2. The van der Waals surface area contributed by atoms with Gasteiger partial charge in [-0.2, -0.15) is 0 Å². The van der Waals surface area contributed by atoms with Crippen molar-refractivity contribution in [3.05, 3.63) is 64.4 Å². The first-order valence-corrected chi connectivity index (χ1v) is 6.71. The van der Waals surface area contributed by atoms with Crippen LogP contribution >= 0.6 is 11.6 Å². The summed E-state index contributed by atoms with van der Waals surface area (Å²) < 4.78 is 13.0. The van der Waals surface area contributed by atoms with Crippen LogP contribution in [0.25, 0.3) is 0 Å². The second-order valence-electron chi connectivity index (χ2n) is 4.86. The van der Waals surface area contributed by atoms with Crippen LogP contribution in [0.3, 0.4) is 0 Å². The maximum Gasteiger partial charge on any atom is 0.257 e. The van der Waals surface area contributed by atoms with Crippen LogP contribution < -0.4 is 5.32 Å². The number of rotatable bonds is 3. The van der Waals surface area contributed by atoms with Crippen molar-refractivity contribution in [1.29, 1.82) is 0 Å².